The van der Waals surface area contributed by atoms with Gasteiger partial charge in [0.15, 0.2) is 5.17 Å². The third kappa shape index (κ3) is 3.71. The Labute approximate surface area is 131 Å². The summed E-state index contributed by atoms with van der Waals surface area (Å²) < 4.78 is 0. The van der Waals surface area contributed by atoms with E-state index in [4.69, 9.17) is 0 Å². The summed E-state index contributed by atoms with van der Waals surface area (Å²) in [7, 11) is 0. The van der Waals surface area contributed by atoms with Crippen molar-refractivity contribution in [3.05, 3.63) is 40.9 Å². The number of aryl methyl sites for hydroxylation is 1. The number of carbonyl (C=O) groups is 1. The number of hydrogen-bond donors (Lipinski definition) is 1. The van der Waals surface area contributed by atoms with Crippen LogP contribution in [-0.2, 0) is 11.2 Å². The van der Waals surface area contributed by atoms with Crippen LogP contribution in [0.2, 0.25) is 0 Å². The lowest BCUT2D eigenvalue weighted by molar-refractivity contribution is -0.119. The minimum absolute atomic E-state index is 0.0516. The molecule has 0 spiro atoms. The number of carbonyl (C=O) groups excluding carboxylic acids is 1. The number of aromatic nitrogens is 1. The molecule has 108 valence electrons. The Kier molecular flexibility index (Phi) is 4.36. The zero-order valence-electron chi connectivity index (χ0n) is 11.6. The fourth-order valence-electron chi connectivity index (χ4n) is 2.04. The van der Waals surface area contributed by atoms with Gasteiger partial charge in [0, 0.05) is 16.7 Å². The van der Waals surface area contributed by atoms with Crippen LogP contribution in [0, 0.1) is 6.92 Å². The number of hydrogen-bond acceptors (Lipinski definition) is 5. The van der Waals surface area contributed by atoms with Gasteiger partial charge in [0.2, 0.25) is 5.91 Å². The number of nitrogens with one attached hydrogen (secondary N) is 1. The molecule has 0 saturated carbocycles. The minimum atomic E-state index is -0.0516. The molecule has 21 heavy (non-hydrogen) atoms. The number of benzene rings is 1. The number of aliphatic imine (C=N–C) groups is 1. The van der Waals surface area contributed by atoms with E-state index >= 15 is 0 Å². The van der Waals surface area contributed by atoms with Crippen LogP contribution in [0.3, 0.4) is 0 Å². The molecule has 2 aromatic rings. The zero-order chi connectivity index (χ0) is 14.7. The molecule has 0 bridgehead atoms. The summed E-state index contributed by atoms with van der Waals surface area (Å²) in [6.45, 7) is 2.85. The molecule has 1 N–H and O–H groups in total. The Hall–Kier alpha value is -1.66. The number of amidine groups is 1. The molecule has 1 aromatic carbocycles. The van der Waals surface area contributed by atoms with Crippen molar-refractivity contribution in [3.63, 3.8) is 0 Å². The molecule has 0 radical (unpaired) electrons. The summed E-state index contributed by atoms with van der Waals surface area (Å²) in [6.07, 6.45) is 0.294. The third-order valence-corrected chi connectivity index (χ3v) is 4.82. The van der Waals surface area contributed by atoms with Crippen molar-refractivity contribution in [1.82, 2.24) is 10.3 Å². The van der Waals surface area contributed by atoms with Gasteiger partial charge in [-0.1, -0.05) is 35.5 Å². The second-order valence-electron chi connectivity index (χ2n) is 4.77. The number of rotatable bonds is 3. The van der Waals surface area contributed by atoms with Gasteiger partial charge in [-0.3, -0.25) is 9.79 Å². The number of thioether (sulfide) groups is 1. The SMILES string of the molecule is Cc1cccc(-c2nc(CC(=O)NC3=NCCS3)cs2)c1. The minimum Gasteiger partial charge on any atom is -0.305 e. The molecule has 3 rings (SSSR count). The summed E-state index contributed by atoms with van der Waals surface area (Å²) in [4.78, 5) is 20.7. The second-order valence-corrected chi connectivity index (χ2v) is 6.72. The van der Waals surface area contributed by atoms with Crippen LogP contribution < -0.4 is 5.32 Å². The van der Waals surface area contributed by atoms with E-state index < -0.39 is 0 Å². The highest BCUT2D eigenvalue weighted by Gasteiger charge is 2.13. The fraction of sp³-hybridized carbons (Fsp3) is 0.267. The predicted molar refractivity (Wildman–Crippen MR) is 88.9 cm³/mol. The molecule has 0 unspecified atom stereocenters. The Morgan fingerprint density at radius 3 is 3.10 bits per heavy atom. The van der Waals surface area contributed by atoms with E-state index in [1.807, 2.05) is 17.5 Å². The van der Waals surface area contributed by atoms with E-state index in [9.17, 15) is 4.79 Å². The smallest absolute Gasteiger partial charge is 0.231 e. The quantitative estimate of drug-likeness (QED) is 0.947. The molecule has 2 heterocycles. The molecule has 1 amide bonds. The Balaban J connectivity index is 1.66. The van der Waals surface area contributed by atoms with Gasteiger partial charge in [-0.2, -0.15) is 0 Å². The van der Waals surface area contributed by atoms with Crippen molar-refractivity contribution < 1.29 is 4.79 Å². The summed E-state index contributed by atoms with van der Waals surface area (Å²) in [5.74, 6) is 0.897. The van der Waals surface area contributed by atoms with Crippen molar-refractivity contribution in [2.75, 3.05) is 12.3 Å². The monoisotopic (exact) mass is 317 g/mol. The Morgan fingerprint density at radius 2 is 2.33 bits per heavy atom. The van der Waals surface area contributed by atoms with Crippen molar-refractivity contribution >= 4 is 34.2 Å². The first-order valence-electron chi connectivity index (χ1n) is 6.69. The summed E-state index contributed by atoms with van der Waals surface area (Å²) in [6, 6.07) is 8.23. The van der Waals surface area contributed by atoms with Gasteiger partial charge in [-0.05, 0) is 13.0 Å². The maximum absolute atomic E-state index is 11.9. The van der Waals surface area contributed by atoms with Gasteiger partial charge < -0.3 is 5.32 Å². The number of amides is 1. The third-order valence-electron chi connectivity index (χ3n) is 2.99. The van der Waals surface area contributed by atoms with Crippen LogP contribution in [0.4, 0.5) is 0 Å². The molecule has 0 aliphatic carbocycles. The molecular weight excluding hydrogens is 302 g/mol. The van der Waals surface area contributed by atoms with Crippen molar-refractivity contribution in [2.45, 2.75) is 13.3 Å². The highest BCUT2D eigenvalue weighted by molar-refractivity contribution is 8.14. The average molecular weight is 317 g/mol. The van der Waals surface area contributed by atoms with Crippen molar-refractivity contribution in [3.8, 4) is 10.6 Å². The molecule has 1 aliphatic heterocycles. The predicted octanol–water partition coefficient (Wildman–Crippen LogP) is 2.88. The first-order chi connectivity index (χ1) is 10.2. The largest absolute Gasteiger partial charge is 0.305 e. The lowest BCUT2D eigenvalue weighted by Crippen LogP contribution is -2.28. The fourth-order valence-corrected chi connectivity index (χ4v) is 3.60. The van der Waals surface area contributed by atoms with E-state index in [1.54, 1.807) is 23.1 Å². The molecule has 0 saturated heterocycles. The topological polar surface area (TPSA) is 54.4 Å². The highest BCUT2D eigenvalue weighted by atomic mass is 32.2. The van der Waals surface area contributed by atoms with E-state index in [0.717, 1.165) is 33.7 Å². The maximum Gasteiger partial charge on any atom is 0.231 e. The van der Waals surface area contributed by atoms with Gasteiger partial charge in [0.05, 0.1) is 18.7 Å². The van der Waals surface area contributed by atoms with Crippen LogP contribution >= 0.6 is 23.1 Å². The van der Waals surface area contributed by atoms with Crippen LogP contribution in [0.1, 0.15) is 11.3 Å². The average Bonchev–Trinajstić information content (AvgIpc) is 3.10. The van der Waals surface area contributed by atoms with Gasteiger partial charge in [-0.25, -0.2) is 4.98 Å². The van der Waals surface area contributed by atoms with E-state index in [1.165, 1.54) is 5.56 Å². The van der Waals surface area contributed by atoms with Crippen molar-refractivity contribution in [2.24, 2.45) is 4.99 Å². The van der Waals surface area contributed by atoms with Gasteiger partial charge in [0.25, 0.3) is 0 Å². The molecule has 1 aliphatic rings. The van der Waals surface area contributed by atoms with Crippen LogP contribution in [0.5, 0.6) is 0 Å². The lowest BCUT2D eigenvalue weighted by Gasteiger charge is -2.01. The Bertz CT molecular complexity index is 694. The molecule has 0 fully saturated rings. The molecular formula is C15H15N3OS2. The van der Waals surface area contributed by atoms with Crippen LogP contribution in [0.15, 0.2) is 34.6 Å². The Morgan fingerprint density at radius 1 is 1.43 bits per heavy atom. The van der Waals surface area contributed by atoms with Crippen LogP contribution in [0.25, 0.3) is 10.6 Å². The highest BCUT2D eigenvalue weighted by Crippen LogP contribution is 2.24. The van der Waals surface area contributed by atoms with E-state index in [-0.39, 0.29) is 5.91 Å². The van der Waals surface area contributed by atoms with Gasteiger partial charge in [-0.15, -0.1) is 11.3 Å². The van der Waals surface area contributed by atoms with Gasteiger partial charge >= 0.3 is 0 Å². The summed E-state index contributed by atoms with van der Waals surface area (Å²) in [5.41, 5.74) is 3.11. The van der Waals surface area contributed by atoms with Gasteiger partial charge in [0.1, 0.15) is 5.01 Å². The first-order valence-corrected chi connectivity index (χ1v) is 8.56. The van der Waals surface area contributed by atoms with Crippen LogP contribution in [-0.4, -0.2) is 28.4 Å². The molecule has 4 nitrogen and oxygen atoms in total. The summed E-state index contributed by atoms with van der Waals surface area (Å²) >= 11 is 3.15. The zero-order valence-corrected chi connectivity index (χ0v) is 13.3. The second kappa shape index (κ2) is 6.41. The summed E-state index contributed by atoms with van der Waals surface area (Å²) in [5, 5.41) is 6.45. The number of thiazole rings is 1. The maximum atomic E-state index is 11.9. The van der Waals surface area contributed by atoms with E-state index in [0.29, 0.717) is 6.42 Å². The van der Waals surface area contributed by atoms with E-state index in [2.05, 4.69) is 34.3 Å². The first kappa shape index (κ1) is 14.3. The number of nitrogens with zero attached hydrogens (tertiary/aromatic N) is 2. The standard InChI is InChI=1S/C15H15N3OS2/c1-10-3-2-4-11(7-10)14-17-12(9-21-14)8-13(19)18-15-16-5-6-20-15/h2-4,7,9H,5-6,8H2,1H3,(H,16,18,19). The lowest BCUT2D eigenvalue weighted by atomic mass is 10.1. The van der Waals surface area contributed by atoms with Crippen molar-refractivity contribution in [1.29, 1.82) is 0 Å². The normalized spacial score (nSPS) is 14.0. The molecule has 1 aromatic heterocycles. The molecule has 0 atom stereocenters. The molecule has 6 heteroatoms.